The van der Waals surface area contributed by atoms with Gasteiger partial charge in [0.1, 0.15) is 11.2 Å². The number of alkyl halides is 3. The van der Waals surface area contributed by atoms with Gasteiger partial charge in [0.25, 0.3) is 0 Å². The molecule has 0 N–H and O–H groups in total. The second-order valence-corrected chi connectivity index (χ2v) is 8.83. The van der Waals surface area contributed by atoms with E-state index in [1.807, 2.05) is 18.2 Å². The number of hydrogen-bond acceptors (Lipinski definition) is 5. The first kappa shape index (κ1) is 20.1. The van der Waals surface area contributed by atoms with Crippen LogP contribution in [0.2, 0.25) is 0 Å². The summed E-state index contributed by atoms with van der Waals surface area (Å²) in [5.74, 6) is 1.16. The Bertz CT molecular complexity index is 1090. The molecule has 3 nitrogen and oxygen atoms in total. The van der Waals surface area contributed by atoms with Crippen LogP contribution in [0.25, 0.3) is 11.1 Å². The van der Waals surface area contributed by atoms with E-state index >= 15 is 0 Å². The van der Waals surface area contributed by atoms with Crippen molar-refractivity contribution in [3.8, 4) is 0 Å². The van der Waals surface area contributed by atoms with E-state index in [1.165, 1.54) is 23.8 Å². The van der Waals surface area contributed by atoms with Crippen molar-refractivity contribution in [3.05, 3.63) is 70.6 Å². The topological polar surface area (TPSA) is 38.4 Å². The van der Waals surface area contributed by atoms with Gasteiger partial charge >= 0.3 is 5.51 Å². The molecule has 2 aliphatic rings. The smallest absolute Gasteiger partial charge is 0.435 e. The molecule has 29 heavy (non-hydrogen) atoms. The zero-order valence-electron chi connectivity index (χ0n) is 15.5. The van der Waals surface area contributed by atoms with Crippen LogP contribution in [0.3, 0.4) is 0 Å². The lowest BCUT2D eigenvalue weighted by molar-refractivity contribution is -0.0328. The summed E-state index contributed by atoms with van der Waals surface area (Å²) in [6.45, 7) is 2.06. The van der Waals surface area contributed by atoms with Gasteiger partial charge in [0.05, 0.1) is 0 Å². The third-order valence-electron chi connectivity index (χ3n) is 4.28. The van der Waals surface area contributed by atoms with E-state index in [9.17, 15) is 13.2 Å². The third-order valence-corrected chi connectivity index (χ3v) is 5.91. The fraction of sp³-hybridized carbons (Fsp3) is 0.238. The van der Waals surface area contributed by atoms with Crippen molar-refractivity contribution in [1.29, 1.82) is 0 Å². The minimum Gasteiger partial charge on any atom is -0.435 e. The van der Waals surface area contributed by atoms with Crippen molar-refractivity contribution >= 4 is 40.3 Å². The summed E-state index contributed by atoms with van der Waals surface area (Å²) in [6.07, 6.45) is 11.8. The number of oxazole rings is 1. The maximum Gasteiger partial charge on any atom is 0.446 e. The SMILES string of the molecule is CCSC1=CC2=CC=CC=C(CC2)N=C1c1nc2cc(SC(F)(F)F)ccc2o1. The highest BCUT2D eigenvalue weighted by molar-refractivity contribution is 8.04. The van der Waals surface area contributed by atoms with Crippen LogP contribution in [0.1, 0.15) is 25.7 Å². The summed E-state index contributed by atoms with van der Waals surface area (Å²) < 4.78 is 44.0. The summed E-state index contributed by atoms with van der Waals surface area (Å²) in [5, 5.41) is 0. The van der Waals surface area contributed by atoms with Crippen LogP contribution in [-0.4, -0.2) is 22.0 Å². The molecule has 0 radical (unpaired) electrons. The fourth-order valence-electron chi connectivity index (χ4n) is 3.06. The number of fused-ring (bicyclic) bond motifs is 4. The summed E-state index contributed by atoms with van der Waals surface area (Å²) in [5.41, 5.74) is -0.806. The van der Waals surface area contributed by atoms with E-state index in [0.29, 0.717) is 22.7 Å². The van der Waals surface area contributed by atoms with E-state index in [0.717, 1.165) is 29.2 Å². The average Bonchev–Trinajstić information content (AvgIpc) is 3.03. The van der Waals surface area contributed by atoms with Crippen LogP contribution < -0.4 is 0 Å². The van der Waals surface area contributed by atoms with Crippen LogP contribution >= 0.6 is 23.5 Å². The molecule has 0 fully saturated rings. The Hall–Kier alpha value is -2.19. The van der Waals surface area contributed by atoms with Gasteiger partial charge in [-0.05, 0) is 66.3 Å². The number of allylic oxidation sites excluding steroid dienone is 8. The Morgan fingerprint density at radius 3 is 2.76 bits per heavy atom. The number of rotatable bonds is 4. The van der Waals surface area contributed by atoms with Crippen LogP contribution in [0.4, 0.5) is 13.2 Å². The molecule has 2 bridgehead atoms. The normalized spacial score (nSPS) is 17.1. The number of benzene rings is 1. The van der Waals surface area contributed by atoms with Crippen LogP contribution in [-0.2, 0) is 0 Å². The van der Waals surface area contributed by atoms with Crippen LogP contribution in [0, 0.1) is 0 Å². The average molecular weight is 435 g/mol. The molecule has 0 spiro atoms. The highest BCUT2D eigenvalue weighted by Gasteiger charge is 2.29. The van der Waals surface area contributed by atoms with Crippen molar-refractivity contribution in [1.82, 2.24) is 4.98 Å². The second-order valence-electron chi connectivity index (χ2n) is 6.38. The van der Waals surface area contributed by atoms with E-state index < -0.39 is 5.51 Å². The van der Waals surface area contributed by atoms with Gasteiger partial charge in [-0.1, -0.05) is 25.2 Å². The maximum absolute atomic E-state index is 12.7. The standard InChI is InChI=1S/C21H17F3N2OS2/c1-2-28-18-11-13-5-3-4-6-14(8-7-13)25-19(18)20-26-16-12-15(29-21(22,23)24)9-10-17(16)27-20/h3-6,9-12H,2,7-8H2,1H3. The lowest BCUT2D eigenvalue weighted by Crippen LogP contribution is -2.08. The predicted octanol–water partition coefficient (Wildman–Crippen LogP) is 7.04. The molecule has 1 aromatic heterocycles. The first-order valence-electron chi connectivity index (χ1n) is 9.08. The lowest BCUT2D eigenvalue weighted by Gasteiger charge is -2.15. The van der Waals surface area contributed by atoms with Gasteiger partial charge in [-0.2, -0.15) is 13.2 Å². The number of nitrogens with zero attached hydrogens (tertiary/aromatic N) is 2. The van der Waals surface area contributed by atoms with Crippen molar-refractivity contribution in [2.45, 2.75) is 30.2 Å². The molecule has 1 aliphatic heterocycles. The molecule has 0 atom stereocenters. The second kappa shape index (κ2) is 8.28. The molecule has 150 valence electrons. The van der Waals surface area contributed by atoms with Gasteiger partial charge in [-0.15, -0.1) is 11.8 Å². The highest BCUT2D eigenvalue weighted by Crippen LogP contribution is 2.38. The quantitative estimate of drug-likeness (QED) is 0.484. The molecule has 8 heteroatoms. The van der Waals surface area contributed by atoms with Crippen molar-refractivity contribution in [2.75, 3.05) is 5.75 Å². The van der Waals surface area contributed by atoms with Gasteiger partial charge in [0.15, 0.2) is 5.58 Å². The Balaban J connectivity index is 1.80. The lowest BCUT2D eigenvalue weighted by atomic mass is 10.0. The number of halogens is 3. The monoisotopic (exact) mass is 434 g/mol. The fourth-order valence-corrected chi connectivity index (χ4v) is 4.45. The van der Waals surface area contributed by atoms with Gasteiger partial charge in [0.2, 0.25) is 5.89 Å². The number of hydrogen-bond donors (Lipinski definition) is 0. The summed E-state index contributed by atoms with van der Waals surface area (Å²) in [7, 11) is 0. The molecule has 0 unspecified atom stereocenters. The highest BCUT2D eigenvalue weighted by atomic mass is 32.2. The molecule has 0 saturated carbocycles. The van der Waals surface area contributed by atoms with Crippen molar-refractivity contribution in [3.63, 3.8) is 0 Å². The van der Waals surface area contributed by atoms with E-state index in [-0.39, 0.29) is 16.7 Å². The van der Waals surface area contributed by atoms with Gasteiger partial charge < -0.3 is 4.42 Å². The summed E-state index contributed by atoms with van der Waals surface area (Å²) in [4.78, 5) is 10.3. The minimum atomic E-state index is -4.35. The van der Waals surface area contributed by atoms with E-state index in [1.54, 1.807) is 11.8 Å². The number of aromatic nitrogens is 1. The largest absolute Gasteiger partial charge is 0.446 e. The van der Waals surface area contributed by atoms with Gasteiger partial charge in [-0.3, -0.25) is 0 Å². The number of thioether (sulfide) groups is 2. The van der Waals surface area contributed by atoms with Gasteiger partial charge in [0, 0.05) is 15.5 Å². The van der Waals surface area contributed by atoms with Crippen molar-refractivity contribution in [2.24, 2.45) is 4.99 Å². The van der Waals surface area contributed by atoms with E-state index in [2.05, 4.69) is 24.1 Å². The maximum atomic E-state index is 12.7. The molecule has 0 saturated heterocycles. The molecule has 0 amide bonds. The van der Waals surface area contributed by atoms with Gasteiger partial charge in [-0.25, -0.2) is 9.98 Å². The van der Waals surface area contributed by atoms with E-state index in [4.69, 9.17) is 9.41 Å². The first-order chi connectivity index (χ1) is 13.9. The zero-order chi connectivity index (χ0) is 20.4. The summed E-state index contributed by atoms with van der Waals surface area (Å²) >= 11 is 1.48. The molecular formula is C21H17F3N2OS2. The van der Waals surface area contributed by atoms with Crippen LogP contribution in [0.15, 0.2) is 79.1 Å². The molecular weight excluding hydrogens is 417 g/mol. The summed E-state index contributed by atoms with van der Waals surface area (Å²) in [6, 6.07) is 4.31. The van der Waals surface area contributed by atoms with Crippen LogP contribution in [0.5, 0.6) is 0 Å². The third kappa shape index (κ3) is 4.87. The van der Waals surface area contributed by atoms with Crippen molar-refractivity contribution < 1.29 is 17.6 Å². The first-order valence-corrected chi connectivity index (χ1v) is 10.9. The Kier molecular flexibility index (Phi) is 5.74. The Morgan fingerprint density at radius 1 is 1.14 bits per heavy atom. The number of aliphatic imine (C=N–C) groups is 1. The molecule has 2 aromatic rings. The Morgan fingerprint density at radius 2 is 1.97 bits per heavy atom. The Labute approximate surface area is 174 Å². The molecule has 4 rings (SSSR count). The molecule has 2 heterocycles. The predicted molar refractivity (Wildman–Crippen MR) is 113 cm³/mol. The molecule has 1 aliphatic carbocycles. The zero-order valence-corrected chi connectivity index (χ0v) is 17.1. The molecule has 1 aromatic carbocycles. The minimum absolute atomic E-state index is 0.0773.